The molecule has 0 radical (unpaired) electrons. The van der Waals surface area contributed by atoms with Crippen molar-refractivity contribution in [2.75, 3.05) is 5.73 Å². The monoisotopic (exact) mass is 413 g/mol. The maximum atomic E-state index is 6.27. The van der Waals surface area contributed by atoms with Gasteiger partial charge in [-0.15, -0.1) is 0 Å². The number of halogens is 3. The van der Waals surface area contributed by atoms with Crippen LogP contribution in [0.15, 0.2) is 39.4 Å². The van der Waals surface area contributed by atoms with E-state index in [0.717, 1.165) is 25.7 Å². The molecule has 3 aromatic rings. The van der Waals surface area contributed by atoms with E-state index in [0.29, 0.717) is 16.5 Å². The fraction of sp³-hybridized carbons (Fsp3) is 0.0714. The molecule has 2 N–H and O–H groups in total. The van der Waals surface area contributed by atoms with Crippen molar-refractivity contribution in [2.24, 2.45) is 0 Å². The predicted molar refractivity (Wildman–Crippen MR) is 90.2 cm³/mol. The predicted octanol–water partition coefficient (Wildman–Crippen LogP) is 5.07. The van der Waals surface area contributed by atoms with Crippen molar-refractivity contribution in [1.82, 2.24) is 9.38 Å². The average Bonchev–Trinajstić information content (AvgIpc) is 2.71. The highest BCUT2D eigenvalue weighted by molar-refractivity contribution is 9.10. The highest BCUT2D eigenvalue weighted by Gasteiger charge is 2.16. The standard InChI is InChI=1S/C14H10Br2ClN3/c1-7-4-9(16)6-20-13(18)12(19-14(7)20)10-5-8(15)2-3-11(10)17/h2-6H,18H2,1H3. The molecule has 0 amide bonds. The number of pyridine rings is 1. The molecule has 3 rings (SSSR count). The number of aromatic nitrogens is 2. The van der Waals surface area contributed by atoms with Crippen LogP contribution in [0, 0.1) is 6.92 Å². The van der Waals surface area contributed by atoms with E-state index in [1.54, 1.807) is 0 Å². The van der Waals surface area contributed by atoms with E-state index in [9.17, 15) is 0 Å². The highest BCUT2D eigenvalue weighted by Crippen LogP contribution is 2.35. The number of nitrogens with two attached hydrogens (primary N) is 1. The van der Waals surface area contributed by atoms with Crippen molar-refractivity contribution in [3.05, 3.63) is 50.0 Å². The van der Waals surface area contributed by atoms with E-state index >= 15 is 0 Å². The van der Waals surface area contributed by atoms with Gasteiger partial charge in [-0.05, 0) is 52.7 Å². The van der Waals surface area contributed by atoms with Gasteiger partial charge in [0.1, 0.15) is 17.2 Å². The van der Waals surface area contributed by atoms with Crippen molar-refractivity contribution in [3.63, 3.8) is 0 Å². The molecule has 0 bridgehead atoms. The summed E-state index contributed by atoms with van der Waals surface area (Å²) in [7, 11) is 0. The number of rotatable bonds is 1. The molecular formula is C14H10Br2ClN3. The van der Waals surface area contributed by atoms with Gasteiger partial charge >= 0.3 is 0 Å². The Morgan fingerprint density at radius 3 is 2.70 bits per heavy atom. The Morgan fingerprint density at radius 2 is 1.95 bits per heavy atom. The number of anilines is 1. The minimum atomic E-state index is 0.574. The highest BCUT2D eigenvalue weighted by atomic mass is 79.9. The maximum Gasteiger partial charge on any atom is 0.142 e. The van der Waals surface area contributed by atoms with Crippen LogP contribution in [-0.4, -0.2) is 9.38 Å². The van der Waals surface area contributed by atoms with Gasteiger partial charge in [-0.25, -0.2) is 4.98 Å². The lowest BCUT2D eigenvalue weighted by molar-refractivity contribution is 1.16. The van der Waals surface area contributed by atoms with Gasteiger partial charge in [0.25, 0.3) is 0 Å². The SMILES string of the molecule is Cc1cc(Br)cn2c(N)c(-c3cc(Br)ccc3Cl)nc12. The molecule has 0 atom stereocenters. The van der Waals surface area contributed by atoms with Gasteiger partial charge in [-0.2, -0.15) is 0 Å². The summed E-state index contributed by atoms with van der Waals surface area (Å²) >= 11 is 13.2. The van der Waals surface area contributed by atoms with E-state index in [2.05, 4.69) is 36.8 Å². The summed E-state index contributed by atoms with van der Waals surface area (Å²) < 4.78 is 3.76. The summed E-state index contributed by atoms with van der Waals surface area (Å²) in [4.78, 5) is 4.64. The van der Waals surface area contributed by atoms with Crippen molar-refractivity contribution in [3.8, 4) is 11.3 Å². The van der Waals surface area contributed by atoms with E-state index < -0.39 is 0 Å². The lowest BCUT2D eigenvalue weighted by Crippen LogP contribution is -1.95. The number of benzene rings is 1. The molecule has 0 saturated carbocycles. The molecule has 0 aliphatic heterocycles. The average molecular weight is 416 g/mol. The first kappa shape index (κ1) is 13.9. The number of nitrogen functional groups attached to an aromatic ring is 1. The second kappa shape index (κ2) is 5.06. The lowest BCUT2D eigenvalue weighted by atomic mass is 10.1. The third-order valence-electron chi connectivity index (χ3n) is 3.09. The van der Waals surface area contributed by atoms with Crippen LogP contribution >= 0.6 is 43.5 Å². The van der Waals surface area contributed by atoms with Crippen LogP contribution in [0.2, 0.25) is 5.02 Å². The molecule has 0 spiro atoms. The first-order chi connectivity index (χ1) is 9.47. The van der Waals surface area contributed by atoms with Crippen LogP contribution in [-0.2, 0) is 0 Å². The Kier molecular flexibility index (Phi) is 3.52. The molecule has 1 aromatic carbocycles. The zero-order valence-corrected chi connectivity index (χ0v) is 14.4. The minimum Gasteiger partial charge on any atom is -0.383 e. The third kappa shape index (κ3) is 2.24. The molecule has 2 aromatic heterocycles. The molecule has 0 aliphatic rings. The van der Waals surface area contributed by atoms with Gasteiger partial charge in [-0.3, -0.25) is 4.40 Å². The summed E-state index contributed by atoms with van der Waals surface area (Å²) in [6.07, 6.45) is 1.90. The Morgan fingerprint density at radius 1 is 1.20 bits per heavy atom. The number of nitrogens with zero attached hydrogens (tertiary/aromatic N) is 2. The van der Waals surface area contributed by atoms with Gasteiger partial charge in [0.2, 0.25) is 0 Å². The zero-order valence-electron chi connectivity index (χ0n) is 10.5. The second-order valence-electron chi connectivity index (χ2n) is 4.50. The Labute approximate surface area is 138 Å². The molecule has 20 heavy (non-hydrogen) atoms. The van der Waals surface area contributed by atoms with Gasteiger partial charge in [-0.1, -0.05) is 27.5 Å². The minimum absolute atomic E-state index is 0.574. The van der Waals surface area contributed by atoms with Gasteiger partial charge in [0.15, 0.2) is 0 Å². The molecule has 6 heteroatoms. The van der Waals surface area contributed by atoms with Crippen molar-refractivity contribution in [1.29, 1.82) is 0 Å². The van der Waals surface area contributed by atoms with Gasteiger partial charge in [0.05, 0.1) is 5.02 Å². The first-order valence-corrected chi connectivity index (χ1v) is 7.83. The third-order valence-corrected chi connectivity index (χ3v) is 4.35. The second-order valence-corrected chi connectivity index (χ2v) is 6.74. The van der Waals surface area contributed by atoms with E-state index in [4.69, 9.17) is 17.3 Å². The summed E-state index contributed by atoms with van der Waals surface area (Å²) in [6.45, 7) is 2.00. The number of hydrogen-bond acceptors (Lipinski definition) is 2. The molecule has 0 unspecified atom stereocenters. The van der Waals surface area contributed by atoms with E-state index in [-0.39, 0.29) is 0 Å². The lowest BCUT2D eigenvalue weighted by Gasteiger charge is -2.03. The molecule has 0 saturated heterocycles. The Hall–Kier alpha value is -1.04. The number of imidazole rings is 1. The fourth-order valence-corrected chi connectivity index (χ4v) is 3.28. The Bertz CT molecular complexity index is 827. The number of aryl methyl sites for hydroxylation is 1. The fourth-order valence-electron chi connectivity index (χ4n) is 2.16. The summed E-state index contributed by atoms with van der Waals surface area (Å²) in [6, 6.07) is 7.64. The topological polar surface area (TPSA) is 43.3 Å². The summed E-state index contributed by atoms with van der Waals surface area (Å²) in [5.41, 5.74) is 9.62. The van der Waals surface area contributed by atoms with Crippen LogP contribution in [0.1, 0.15) is 5.56 Å². The zero-order chi connectivity index (χ0) is 14.4. The maximum absolute atomic E-state index is 6.27. The Balaban J connectivity index is 2.35. The molecule has 2 heterocycles. The summed E-state index contributed by atoms with van der Waals surface area (Å²) in [5, 5.41) is 0.625. The largest absolute Gasteiger partial charge is 0.383 e. The van der Waals surface area contributed by atoms with Gasteiger partial charge < -0.3 is 5.73 Å². The normalized spacial score (nSPS) is 11.2. The van der Waals surface area contributed by atoms with Crippen LogP contribution in [0.3, 0.4) is 0 Å². The smallest absolute Gasteiger partial charge is 0.142 e. The molecule has 3 nitrogen and oxygen atoms in total. The number of fused-ring (bicyclic) bond motifs is 1. The van der Waals surface area contributed by atoms with Crippen LogP contribution in [0.4, 0.5) is 5.82 Å². The van der Waals surface area contributed by atoms with Crippen LogP contribution in [0.25, 0.3) is 16.9 Å². The molecule has 0 aliphatic carbocycles. The van der Waals surface area contributed by atoms with Crippen molar-refractivity contribution >= 4 is 54.9 Å². The molecular weight excluding hydrogens is 405 g/mol. The van der Waals surface area contributed by atoms with Crippen molar-refractivity contribution < 1.29 is 0 Å². The van der Waals surface area contributed by atoms with E-state index in [1.807, 2.05) is 41.8 Å². The van der Waals surface area contributed by atoms with Crippen LogP contribution in [0.5, 0.6) is 0 Å². The first-order valence-electron chi connectivity index (χ1n) is 5.86. The molecule has 102 valence electrons. The number of hydrogen-bond donors (Lipinski definition) is 1. The van der Waals surface area contributed by atoms with Crippen molar-refractivity contribution in [2.45, 2.75) is 6.92 Å². The molecule has 0 fully saturated rings. The summed E-state index contributed by atoms with van der Waals surface area (Å²) in [5.74, 6) is 0.574. The van der Waals surface area contributed by atoms with Crippen LogP contribution < -0.4 is 5.73 Å². The van der Waals surface area contributed by atoms with E-state index in [1.165, 1.54) is 0 Å². The quantitative estimate of drug-likeness (QED) is 0.603. The van der Waals surface area contributed by atoms with Gasteiger partial charge in [0, 0.05) is 20.7 Å².